The SMILES string of the molecule is CC(C)CN1CCCOc2ccc(cc2)CNc2nc(nc(OCC(F)(F)F)n2)Cc2ccc(C(=O)CCC3(CN4CCCC4)CC3)c(c2)OCCC1. The monoisotopic (exact) mass is 738 g/mol. The van der Waals surface area contributed by atoms with Crippen LogP contribution in [-0.4, -0.2) is 95.8 Å². The number of ether oxygens (including phenoxy) is 3. The summed E-state index contributed by atoms with van der Waals surface area (Å²) < 4.78 is 56.6. The van der Waals surface area contributed by atoms with Crippen LogP contribution in [0.15, 0.2) is 42.5 Å². The number of hydrogen-bond donors (Lipinski definition) is 1. The predicted molar refractivity (Wildman–Crippen MR) is 197 cm³/mol. The number of Topliss-reactive ketones (excluding diaryl/α,β-unsaturated/α-hetero) is 1. The molecule has 3 aromatic rings. The molecule has 7 rings (SSSR count). The summed E-state index contributed by atoms with van der Waals surface area (Å²) in [6.45, 7) is 10.3. The molecule has 2 aromatic carbocycles. The van der Waals surface area contributed by atoms with E-state index in [4.69, 9.17) is 14.2 Å². The van der Waals surface area contributed by atoms with Crippen LogP contribution in [-0.2, 0) is 13.0 Å². The fraction of sp³-hybridized carbons (Fsp3) is 0.600. The topological polar surface area (TPSA) is 102 Å². The smallest absolute Gasteiger partial charge is 0.422 e. The van der Waals surface area contributed by atoms with Crippen molar-refractivity contribution < 1.29 is 32.2 Å². The van der Waals surface area contributed by atoms with Crippen molar-refractivity contribution in [2.24, 2.45) is 11.3 Å². The summed E-state index contributed by atoms with van der Waals surface area (Å²) in [4.78, 5) is 31.6. The van der Waals surface area contributed by atoms with E-state index < -0.39 is 18.8 Å². The molecule has 0 radical (unpaired) electrons. The largest absolute Gasteiger partial charge is 0.494 e. The molecule has 1 N–H and O–H groups in total. The highest BCUT2D eigenvalue weighted by Crippen LogP contribution is 2.50. The molecule has 0 spiro atoms. The first-order valence-electron chi connectivity index (χ1n) is 19.1. The molecule has 1 aliphatic carbocycles. The summed E-state index contributed by atoms with van der Waals surface area (Å²) in [5.41, 5.74) is 2.45. The molecule has 53 heavy (non-hydrogen) atoms. The number of carbonyl (C=O) groups is 1. The first kappa shape index (κ1) is 38.7. The van der Waals surface area contributed by atoms with Crippen LogP contribution in [0.5, 0.6) is 17.5 Å². The van der Waals surface area contributed by atoms with Crippen LogP contribution < -0.4 is 19.5 Å². The number of benzene rings is 2. The van der Waals surface area contributed by atoms with E-state index in [1.165, 1.54) is 25.7 Å². The summed E-state index contributed by atoms with van der Waals surface area (Å²) in [5.74, 6) is 2.14. The summed E-state index contributed by atoms with van der Waals surface area (Å²) in [7, 11) is 0. The third-order valence-corrected chi connectivity index (χ3v) is 10.1. The predicted octanol–water partition coefficient (Wildman–Crippen LogP) is 7.36. The number of aromatic nitrogens is 3. The van der Waals surface area contributed by atoms with Crippen molar-refractivity contribution >= 4 is 11.7 Å². The minimum atomic E-state index is -4.56. The molecule has 10 nitrogen and oxygen atoms in total. The van der Waals surface area contributed by atoms with E-state index in [-0.39, 0.29) is 29.4 Å². The number of likely N-dealkylation sites (tertiary alicyclic amines) is 1. The Morgan fingerprint density at radius 1 is 0.906 bits per heavy atom. The minimum absolute atomic E-state index is 0.0596. The van der Waals surface area contributed by atoms with E-state index in [2.05, 4.69) is 43.9 Å². The second kappa shape index (κ2) is 17.9. The van der Waals surface area contributed by atoms with Crippen molar-refractivity contribution in [3.05, 3.63) is 65.0 Å². The highest BCUT2D eigenvalue weighted by atomic mass is 19.4. The van der Waals surface area contributed by atoms with Crippen LogP contribution in [0.3, 0.4) is 0 Å². The van der Waals surface area contributed by atoms with Crippen molar-refractivity contribution in [2.45, 2.75) is 84.4 Å². The Morgan fingerprint density at radius 3 is 2.30 bits per heavy atom. The molecule has 1 saturated heterocycles. The fourth-order valence-electron chi connectivity index (χ4n) is 7.21. The third kappa shape index (κ3) is 12.3. The van der Waals surface area contributed by atoms with E-state index in [1.54, 1.807) is 0 Å². The van der Waals surface area contributed by atoms with Crippen LogP contribution >= 0.6 is 0 Å². The quantitative estimate of drug-likeness (QED) is 0.212. The number of halogens is 3. The van der Waals surface area contributed by atoms with Gasteiger partial charge in [0.15, 0.2) is 12.4 Å². The number of alkyl halides is 3. The average molecular weight is 739 g/mol. The van der Waals surface area contributed by atoms with Gasteiger partial charge in [0.25, 0.3) is 0 Å². The minimum Gasteiger partial charge on any atom is -0.494 e. The molecule has 1 aromatic heterocycles. The zero-order valence-corrected chi connectivity index (χ0v) is 31.1. The first-order valence-corrected chi connectivity index (χ1v) is 19.1. The zero-order valence-electron chi connectivity index (χ0n) is 31.1. The first-order chi connectivity index (χ1) is 25.5. The van der Waals surface area contributed by atoms with Crippen molar-refractivity contribution in [2.75, 3.05) is 64.4 Å². The van der Waals surface area contributed by atoms with Gasteiger partial charge >= 0.3 is 12.2 Å². The van der Waals surface area contributed by atoms with E-state index in [9.17, 15) is 18.0 Å². The lowest BCUT2D eigenvalue weighted by Gasteiger charge is -2.24. The van der Waals surface area contributed by atoms with Gasteiger partial charge in [-0.25, -0.2) is 0 Å². The van der Waals surface area contributed by atoms with Crippen LogP contribution in [0.4, 0.5) is 19.1 Å². The molecule has 0 unspecified atom stereocenters. The second-order valence-electron chi connectivity index (χ2n) is 15.3. The number of fused-ring (bicyclic) bond motifs is 11. The normalized spacial score (nSPS) is 18.7. The molecule has 3 aliphatic heterocycles. The Hall–Kier alpha value is -3.97. The Morgan fingerprint density at radius 2 is 1.60 bits per heavy atom. The lowest BCUT2D eigenvalue weighted by Crippen LogP contribution is -2.31. The molecule has 0 amide bonds. The second-order valence-corrected chi connectivity index (χ2v) is 15.3. The fourth-order valence-corrected chi connectivity index (χ4v) is 7.21. The molecule has 0 atom stereocenters. The molecule has 4 heterocycles. The van der Waals surface area contributed by atoms with Crippen molar-refractivity contribution in [1.82, 2.24) is 24.8 Å². The van der Waals surface area contributed by atoms with Crippen LogP contribution in [0.25, 0.3) is 0 Å². The van der Waals surface area contributed by atoms with E-state index in [0.717, 1.165) is 75.4 Å². The Labute approximate surface area is 310 Å². The maximum Gasteiger partial charge on any atom is 0.422 e. The molecule has 6 bridgehead atoms. The highest BCUT2D eigenvalue weighted by molar-refractivity contribution is 5.98. The Kier molecular flexibility index (Phi) is 13.1. The standard InChI is InChI=1S/C40H53F3N6O4/c1-29(2)26-48-19-5-21-51-32-10-7-30(8-11-32)25-44-37-45-36(46-38(47-37)53-28-40(41,42)43)24-31-9-12-33(35(23-31)52-22-6-20-48)34(50)13-14-39(15-16-39)27-49-17-3-4-18-49/h7-12,23,29H,3-6,13-22,24-28H2,1-2H3,(H,44,45,46,47). The number of hydrogen-bond acceptors (Lipinski definition) is 10. The Balaban J connectivity index is 1.24. The van der Waals surface area contributed by atoms with Gasteiger partial charge in [0.05, 0.1) is 18.8 Å². The number of carbonyl (C=O) groups excluding carboxylic acids is 1. The van der Waals surface area contributed by atoms with Gasteiger partial charge < -0.3 is 29.3 Å². The zero-order chi connectivity index (χ0) is 37.3. The summed E-state index contributed by atoms with van der Waals surface area (Å²) >= 11 is 0. The van der Waals surface area contributed by atoms with Gasteiger partial charge in [0.1, 0.15) is 17.3 Å². The van der Waals surface area contributed by atoms with E-state index in [0.29, 0.717) is 43.4 Å². The average Bonchev–Trinajstić information content (AvgIpc) is 3.69. The maximum atomic E-state index is 13.8. The Bertz CT molecular complexity index is 1640. The number of nitrogens with one attached hydrogen (secondary N) is 1. The molecule has 1 saturated carbocycles. The lowest BCUT2D eigenvalue weighted by atomic mass is 9.94. The molecule has 4 aliphatic rings. The molecular formula is C40H53F3N6O4. The van der Waals surface area contributed by atoms with Gasteiger partial charge in [-0.3, -0.25) is 4.79 Å². The van der Waals surface area contributed by atoms with Crippen molar-refractivity contribution in [3.63, 3.8) is 0 Å². The van der Waals surface area contributed by atoms with Gasteiger partial charge in [-0.2, -0.15) is 28.1 Å². The molecule has 2 fully saturated rings. The molecule has 13 heteroatoms. The number of ketones is 1. The van der Waals surface area contributed by atoms with Crippen LogP contribution in [0, 0.1) is 11.3 Å². The number of anilines is 1. The van der Waals surface area contributed by atoms with Gasteiger partial charge in [-0.15, -0.1) is 0 Å². The number of nitrogens with zero attached hydrogens (tertiary/aromatic N) is 5. The van der Waals surface area contributed by atoms with Gasteiger partial charge in [0, 0.05) is 45.6 Å². The summed E-state index contributed by atoms with van der Waals surface area (Å²) in [6, 6.07) is 12.7. The van der Waals surface area contributed by atoms with E-state index >= 15 is 0 Å². The summed E-state index contributed by atoms with van der Waals surface area (Å²) in [6.07, 6.45) is 3.42. The van der Waals surface area contributed by atoms with Gasteiger partial charge in [0.2, 0.25) is 5.95 Å². The van der Waals surface area contributed by atoms with Crippen molar-refractivity contribution in [3.8, 4) is 17.5 Å². The lowest BCUT2D eigenvalue weighted by molar-refractivity contribution is -0.154. The van der Waals surface area contributed by atoms with Crippen molar-refractivity contribution in [1.29, 1.82) is 0 Å². The maximum absolute atomic E-state index is 13.8. The molecule has 288 valence electrons. The number of rotatable bonds is 10. The van der Waals surface area contributed by atoms with E-state index in [1.807, 2.05) is 42.5 Å². The van der Waals surface area contributed by atoms with Gasteiger partial charge in [-0.1, -0.05) is 32.0 Å². The van der Waals surface area contributed by atoms with Crippen LogP contribution in [0.2, 0.25) is 0 Å². The summed E-state index contributed by atoms with van der Waals surface area (Å²) in [5, 5.41) is 3.10. The van der Waals surface area contributed by atoms with Crippen LogP contribution in [0.1, 0.15) is 92.5 Å². The molecular weight excluding hydrogens is 685 g/mol. The van der Waals surface area contributed by atoms with Gasteiger partial charge in [-0.05, 0) is 105 Å². The third-order valence-electron chi connectivity index (χ3n) is 10.1. The highest BCUT2D eigenvalue weighted by Gasteiger charge is 2.44.